The monoisotopic (exact) mass is 733 g/mol. The zero-order chi connectivity index (χ0) is 37.9. The van der Waals surface area contributed by atoms with Gasteiger partial charge >= 0.3 is 5.97 Å². The number of carbonyl (C=O) groups is 1. The van der Waals surface area contributed by atoms with Gasteiger partial charge in [-0.2, -0.15) is 0 Å². The second-order valence-electron chi connectivity index (χ2n) is 13.4. The Bertz CT molecular complexity index is 1020. The predicted octanol–water partition coefficient (Wildman–Crippen LogP) is 8.13. The minimum atomic E-state index is -1.55. The van der Waals surface area contributed by atoms with E-state index in [4.69, 9.17) is 18.9 Å². The van der Waals surface area contributed by atoms with Crippen LogP contribution in [0.4, 0.5) is 0 Å². The normalized spacial score (nSPS) is 22.0. The van der Waals surface area contributed by atoms with Crippen LogP contribution in [0.25, 0.3) is 0 Å². The molecule has 1 aliphatic heterocycles. The Morgan fingerprint density at radius 2 is 1.13 bits per heavy atom. The van der Waals surface area contributed by atoms with Crippen LogP contribution in [0, 0.1) is 0 Å². The van der Waals surface area contributed by atoms with Gasteiger partial charge in [0.1, 0.15) is 30.5 Å². The molecule has 1 heterocycles. The summed E-state index contributed by atoms with van der Waals surface area (Å²) in [7, 11) is 0. The Balaban J connectivity index is 2.38. The summed E-state index contributed by atoms with van der Waals surface area (Å²) in [6, 6.07) is 0. The number of esters is 1. The molecule has 0 aromatic rings. The van der Waals surface area contributed by atoms with Crippen molar-refractivity contribution in [1.29, 1.82) is 0 Å². The van der Waals surface area contributed by atoms with Gasteiger partial charge in [0.15, 0.2) is 6.29 Å². The lowest BCUT2D eigenvalue weighted by molar-refractivity contribution is -0.305. The maximum atomic E-state index is 12.7. The number of ether oxygens (including phenoxy) is 4. The number of hydrogen-bond acceptors (Lipinski definition) is 9. The molecule has 0 amide bonds. The molecule has 0 aromatic heterocycles. The van der Waals surface area contributed by atoms with E-state index in [1.807, 2.05) is 12.2 Å². The fourth-order valence-electron chi connectivity index (χ4n) is 5.52. The first kappa shape index (κ1) is 47.7. The third-order valence-corrected chi connectivity index (χ3v) is 8.65. The van der Waals surface area contributed by atoms with Gasteiger partial charge in [-0.1, -0.05) is 145 Å². The maximum absolute atomic E-state index is 12.7. The molecule has 0 saturated carbocycles. The maximum Gasteiger partial charge on any atom is 0.306 e. The molecule has 0 radical (unpaired) electrons. The standard InChI is InChI=1S/C43H72O9/c1-3-5-7-9-11-13-15-16-17-18-19-20-21-22-23-24-26-28-30-32-39(45)51-37(35-49-33-31-29-27-25-14-12-10-8-6-4-2)36-50-43-42(48)41(47)40(46)38(34-44)52-43/h5,7,11,13,16-17,19-20,22-23,26,28,37-38,40-44,46-48H,3-4,6,8-10,12,14-15,18,21,24-25,27,29-36H2,1-2H3/b7-5-,13-11-,17-16-,20-19-,23-22-,28-26-. The minimum absolute atomic E-state index is 0.112. The Kier molecular flexibility index (Phi) is 31.5. The molecular weight excluding hydrogens is 660 g/mol. The molecule has 298 valence electrons. The van der Waals surface area contributed by atoms with Gasteiger partial charge in [0.25, 0.3) is 0 Å². The van der Waals surface area contributed by atoms with Crippen molar-refractivity contribution in [3.63, 3.8) is 0 Å². The fraction of sp³-hybridized carbons (Fsp3) is 0.698. The largest absolute Gasteiger partial charge is 0.457 e. The van der Waals surface area contributed by atoms with E-state index in [9.17, 15) is 25.2 Å². The first-order valence-electron chi connectivity index (χ1n) is 20.0. The molecule has 1 rings (SSSR count). The first-order chi connectivity index (χ1) is 25.4. The first-order valence-corrected chi connectivity index (χ1v) is 20.0. The summed E-state index contributed by atoms with van der Waals surface area (Å²) < 4.78 is 22.6. The third-order valence-electron chi connectivity index (χ3n) is 8.65. The lowest BCUT2D eigenvalue weighted by atomic mass is 9.99. The lowest BCUT2D eigenvalue weighted by Crippen LogP contribution is -2.59. The summed E-state index contributed by atoms with van der Waals surface area (Å²) in [6.07, 6.45) is 36.5. The highest BCUT2D eigenvalue weighted by Gasteiger charge is 2.44. The predicted molar refractivity (Wildman–Crippen MR) is 210 cm³/mol. The molecule has 1 aliphatic rings. The van der Waals surface area contributed by atoms with Gasteiger partial charge in [-0.25, -0.2) is 0 Å². The van der Waals surface area contributed by atoms with E-state index < -0.39 is 49.4 Å². The Morgan fingerprint density at radius 1 is 0.635 bits per heavy atom. The van der Waals surface area contributed by atoms with Crippen LogP contribution in [-0.2, 0) is 23.7 Å². The van der Waals surface area contributed by atoms with Gasteiger partial charge in [-0.3, -0.25) is 4.79 Å². The molecule has 4 N–H and O–H groups in total. The topological polar surface area (TPSA) is 135 Å². The number of carbonyl (C=O) groups excluding carboxylic acids is 1. The molecule has 9 heteroatoms. The van der Waals surface area contributed by atoms with Crippen LogP contribution in [-0.4, -0.2) is 89.6 Å². The van der Waals surface area contributed by atoms with Crippen molar-refractivity contribution in [2.75, 3.05) is 26.4 Å². The van der Waals surface area contributed by atoms with Crippen LogP contribution in [0.2, 0.25) is 0 Å². The molecule has 9 nitrogen and oxygen atoms in total. The minimum Gasteiger partial charge on any atom is -0.457 e. The Morgan fingerprint density at radius 3 is 1.65 bits per heavy atom. The summed E-state index contributed by atoms with van der Waals surface area (Å²) in [5, 5.41) is 39.9. The number of rotatable bonds is 32. The van der Waals surface area contributed by atoms with E-state index in [1.54, 1.807) is 0 Å². The highest BCUT2D eigenvalue weighted by Crippen LogP contribution is 2.22. The number of allylic oxidation sites excluding steroid dienone is 12. The van der Waals surface area contributed by atoms with Gasteiger partial charge in [0.05, 0.1) is 19.8 Å². The Labute approximate surface area is 315 Å². The molecule has 52 heavy (non-hydrogen) atoms. The molecular formula is C43H72O9. The smallest absolute Gasteiger partial charge is 0.306 e. The number of hydrogen-bond donors (Lipinski definition) is 4. The number of unbranched alkanes of at least 4 members (excludes halogenated alkanes) is 9. The second kappa shape index (κ2) is 34.4. The zero-order valence-corrected chi connectivity index (χ0v) is 32.3. The van der Waals surface area contributed by atoms with E-state index in [-0.39, 0.29) is 19.6 Å². The van der Waals surface area contributed by atoms with E-state index in [0.29, 0.717) is 13.0 Å². The summed E-state index contributed by atoms with van der Waals surface area (Å²) in [6.45, 7) is 4.31. The zero-order valence-electron chi connectivity index (χ0n) is 32.3. The summed E-state index contributed by atoms with van der Waals surface area (Å²) >= 11 is 0. The molecule has 6 atom stereocenters. The second-order valence-corrected chi connectivity index (χ2v) is 13.4. The van der Waals surface area contributed by atoms with E-state index >= 15 is 0 Å². The number of aliphatic hydroxyl groups excluding tert-OH is 4. The van der Waals surface area contributed by atoms with Crippen LogP contribution in [0.1, 0.15) is 129 Å². The molecule has 0 bridgehead atoms. The van der Waals surface area contributed by atoms with Crippen LogP contribution in [0.15, 0.2) is 72.9 Å². The van der Waals surface area contributed by atoms with Crippen LogP contribution >= 0.6 is 0 Å². The number of aliphatic hydroxyl groups is 4. The SMILES string of the molecule is CC/C=C\C/C=C\C/C=C\C/C=C\C/C=C\C/C=C\CCC(=O)OC(COCCCCCCCCCCCC)COC1OC(CO)C(O)C(O)C1O. The summed E-state index contributed by atoms with van der Waals surface area (Å²) in [5.74, 6) is -0.399. The van der Waals surface area contributed by atoms with Crippen LogP contribution < -0.4 is 0 Å². The van der Waals surface area contributed by atoms with Crippen molar-refractivity contribution in [1.82, 2.24) is 0 Å². The van der Waals surface area contributed by atoms with Gasteiger partial charge in [0.2, 0.25) is 0 Å². The van der Waals surface area contributed by atoms with Crippen LogP contribution in [0.5, 0.6) is 0 Å². The van der Waals surface area contributed by atoms with Crippen molar-refractivity contribution in [3.05, 3.63) is 72.9 Å². The molecule has 0 aliphatic carbocycles. The van der Waals surface area contributed by atoms with Crippen molar-refractivity contribution in [3.8, 4) is 0 Å². The van der Waals surface area contributed by atoms with Gasteiger partial charge < -0.3 is 39.4 Å². The van der Waals surface area contributed by atoms with Crippen molar-refractivity contribution >= 4 is 5.97 Å². The van der Waals surface area contributed by atoms with Gasteiger partial charge in [-0.05, 0) is 51.4 Å². The van der Waals surface area contributed by atoms with Gasteiger partial charge in [0, 0.05) is 13.0 Å². The van der Waals surface area contributed by atoms with E-state index in [0.717, 1.165) is 51.4 Å². The van der Waals surface area contributed by atoms with E-state index in [2.05, 4.69) is 74.6 Å². The average Bonchev–Trinajstić information content (AvgIpc) is 3.14. The van der Waals surface area contributed by atoms with Crippen molar-refractivity contribution in [2.24, 2.45) is 0 Å². The molecule has 6 unspecified atom stereocenters. The highest BCUT2D eigenvalue weighted by molar-refractivity contribution is 5.69. The van der Waals surface area contributed by atoms with Crippen LogP contribution in [0.3, 0.4) is 0 Å². The molecule has 0 aromatic carbocycles. The quantitative estimate of drug-likeness (QED) is 0.0307. The fourth-order valence-corrected chi connectivity index (χ4v) is 5.52. The van der Waals surface area contributed by atoms with Crippen molar-refractivity contribution < 1.29 is 44.2 Å². The summed E-state index contributed by atoms with van der Waals surface area (Å²) in [4.78, 5) is 12.7. The lowest BCUT2D eigenvalue weighted by Gasteiger charge is -2.39. The molecule has 1 saturated heterocycles. The van der Waals surface area contributed by atoms with Gasteiger partial charge in [-0.15, -0.1) is 0 Å². The molecule has 1 fully saturated rings. The molecule has 0 spiro atoms. The van der Waals surface area contributed by atoms with E-state index in [1.165, 1.54) is 51.4 Å². The Hall–Kier alpha value is -2.37. The van der Waals surface area contributed by atoms with Crippen molar-refractivity contribution in [2.45, 2.75) is 166 Å². The summed E-state index contributed by atoms with van der Waals surface area (Å²) in [5.41, 5.74) is 0. The third kappa shape index (κ3) is 25.6. The average molecular weight is 733 g/mol. The highest BCUT2D eigenvalue weighted by atomic mass is 16.7.